The minimum absolute atomic E-state index is 0.0395. The number of amides is 1. The third kappa shape index (κ3) is 2.67. The van der Waals surface area contributed by atoms with Gasteiger partial charge in [-0.25, -0.2) is 8.42 Å². The summed E-state index contributed by atoms with van der Waals surface area (Å²) in [6.45, 7) is 2.16. The third-order valence-electron chi connectivity index (χ3n) is 3.12. The van der Waals surface area contributed by atoms with Crippen LogP contribution in [0.5, 0.6) is 0 Å². The standard InChI is InChI=1S/C12H14ClNO3S/c1-2-9-4-3-5-10(6-9)14-8-11(7-12(14)15)18(13,16)17/h3-6,11H,2,7-8H2,1H3. The molecular weight excluding hydrogens is 274 g/mol. The molecule has 1 aromatic rings. The zero-order valence-electron chi connectivity index (χ0n) is 9.97. The van der Waals surface area contributed by atoms with E-state index in [0.717, 1.165) is 17.7 Å². The lowest BCUT2D eigenvalue weighted by Gasteiger charge is -2.16. The molecule has 1 aromatic carbocycles. The van der Waals surface area contributed by atoms with Gasteiger partial charge < -0.3 is 4.90 Å². The first-order chi connectivity index (χ1) is 8.41. The molecule has 18 heavy (non-hydrogen) atoms. The number of halogens is 1. The second kappa shape index (κ2) is 4.90. The Balaban J connectivity index is 2.27. The van der Waals surface area contributed by atoms with Crippen LogP contribution in [0.25, 0.3) is 0 Å². The number of carbonyl (C=O) groups excluding carboxylic acids is 1. The van der Waals surface area contributed by atoms with E-state index in [2.05, 4.69) is 0 Å². The highest BCUT2D eigenvalue weighted by Gasteiger charge is 2.37. The van der Waals surface area contributed by atoms with Crippen molar-refractivity contribution in [3.8, 4) is 0 Å². The molecule has 1 fully saturated rings. The fourth-order valence-electron chi connectivity index (χ4n) is 2.06. The highest BCUT2D eigenvalue weighted by molar-refractivity contribution is 8.14. The molecule has 98 valence electrons. The highest BCUT2D eigenvalue weighted by Crippen LogP contribution is 2.27. The molecule has 0 spiro atoms. The maximum absolute atomic E-state index is 11.8. The molecule has 1 heterocycles. The van der Waals surface area contributed by atoms with Crippen molar-refractivity contribution in [3.63, 3.8) is 0 Å². The second-order valence-corrected chi connectivity index (χ2v) is 7.24. The van der Waals surface area contributed by atoms with Crippen LogP contribution in [0, 0.1) is 0 Å². The second-order valence-electron chi connectivity index (χ2n) is 4.33. The predicted molar refractivity (Wildman–Crippen MR) is 71.4 cm³/mol. The topological polar surface area (TPSA) is 54.5 Å². The Kier molecular flexibility index (Phi) is 3.64. The van der Waals surface area contributed by atoms with E-state index in [1.165, 1.54) is 4.90 Å². The van der Waals surface area contributed by atoms with Crippen LogP contribution in [0.2, 0.25) is 0 Å². The van der Waals surface area contributed by atoms with Crippen LogP contribution >= 0.6 is 10.7 Å². The molecule has 1 atom stereocenters. The summed E-state index contributed by atoms with van der Waals surface area (Å²) in [5.74, 6) is -0.197. The lowest BCUT2D eigenvalue weighted by Crippen LogP contribution is -2.26. The van der Waals surface area contributed by atoms with Gasteiger partial charge in [0.1, 0.15) is 5.25 Å². The maximum Gasteiger partial charge on any atom is 0.237 e. The lowest BCUT2D eigenvalue weighted by molar-refractivity contribution is -0.117. The number of anilines is 1. The van der Waals surface area contributed by atoms with E-state index in [1.54, 1.807) is 6.07 Å². The highest BCUT2D eigenvalue weighted by atomic mass is 35.7. The smallest absolute Gasteiger partial charge is 0.237 e. The largest absolute Gasteiger partial charge is 0.311 e. The van der Waals surface area contributed by atoms with Crippen LogP contribution in [0.4, 0.5) is 5.69 Å². The van der Waals surface area contributed by atoms with E-state index in [4.69, 9.17) is 10.7 Å². The van der Waals surface area contributed by atoms with Crippen molar-refractivity contribution >= 4 is 31.3 Å². The molecule has 0 aliphatic carbocycles. The monoisotopic (exact) mass is 287 g/mol. The van der Waals surface area contributed by atoms with Gasteiger partial charge in [0.25, 0.3) is 0 Å². The van der Waals surface area contributed by atoms with Crippen molar-refractivity contribution in [1.29, 1.82) is 0 Å². The summed E-state index contributed by atoms with van der Waals surface area (Å²) in [6, 6.07) is 7.55. The van der Waals surface area contributed by atoms with Gasteiger partial charge in [0.15, 0.2) is 0 Å². The fourth-order valence-corrected chi connectivity index (χ4v) is 3.08. The number of carbonyl (C=O) groups is 1. The molecule has 0 aromatic heterocycles. The van der Waals surface area contributed by atoms with E-state index in [1.807, 2.05) is 25.1 Å². The van der Waals surface area contributed by atoms with Gasteiger partial charge in [0, 0.05) is 29.3 Å². The Bertz CT molecular complexity index is 570. The predicted octanol–water partition coefficient (Wildman–Crippen LogP) is 1.92. The summed E-state index contributed by atoms with van der Waals surface area (Å²) in [5.41, 5.74) is 1.85. The molecule has 0 saturated carbocycles. The van der Waals surface area contributed by atoms with Crippen LogP contribution in [0.1, 0.15) is 18.9 Å². The molecule has 1 aliphatic heterocycles. The molecule has 0 bridgehead atoms. The van der Waals surface area contributed by atoms with Gasteiger partial charge in [-0.05, 0) is 24.1 Å². The normalized spacial score (nSPS) is 20.4. The maximum atomic E-state index is 11.8. The van der Waals surface area contributed by atoms with Gasteiger partial charge in [0.05, 0.1) is 0 Å². The van der Waals surface area contributed by atoms with Crippen LogP contribution in [-0.4, -0.2) is 26.1 Å². The van der Waals surface area contributed by atoms with Crippen molar-refractivity contribution in [3.05, 3.63) is 29.8 Å². The van der Waals surface area contributed by atoms with Crippen molar-refractivity contribution in [1.82, 2.24) is 0 Å². The van der Waals surface area contributed by atoms with Crippen molar-refractivity contribution in [2.45, 2.75) is 25.0 Å². The first-order valence-electron chi connectivity index (χ1n) is 5.74. The van der Waals surface area contributed by atoms with Crippen molar-refractivity contribution in [2.24, 2.45) is 0 Å². The van der Waals surface area contributed by atoms with Gasteiger partial charge in [0.2, 0.25) is 15.0 Å². The Hall–Kier alpha value is -1.07. The molecule has 1 amide bonds. The van der Waals surface area contributed by atoms with Crippen molar-refractivity contribution in [2.75, 3.05) is 11.4 Å². The Morgan fingerprint density at radius 3 is 2.72 bits per heavy atom. The summed E-state index contributed by atoms with van der Waals surface area (Å²) < 4.78 is 22.5. The minimum atomic E-state index is -3.68. The van der Waals surface area contributed by atoms with E-state index in [0.29, 0.717) is 0 Å². The van der Waals surface area contributed by atoms with Gasteiger partial charge in [-0.3, -0.25) is 4.79 Å². The molecule has 1 unspecified atom stereocenters. The van der Waals surface area contributed by atoms with Crippen LogP contribution in [-0.2, 0) is 20.3 Å². The molecule has 0 N–H and O–H groups in total. The first kappa shape index (κ1) is 13.4. The minimum Gasteiger partial charge on any atom is -0.311 e. The lowest BCUT2D eigenvalue weighted by atomic mass is 10.1. The number of hydrogen-bond acceptors (Lipinski definition) is 3. The van der Waals surface area contributed by atoms with Crippen LogP contribution in [0.3, 0.4) is 0 Å². The summed E-state index contributed by atoms with van der Waals surface area (Å²) in [7, 11) is 1.63. The quantitative estimate of drug-likeness (QED) is 0.798. The number of hydrogen-bond donors (Lipinski definition) is 0. The molecular formula is C12H14ClNO3S. The third-order valence-corrected chi connectivity index (χ3v) is 4.99. The molecule has 4 nitrogen and oxygen atoms in total. The Labute approximate surface area is 111 Å². The number of aryl methyl sites for hydroxylation is 1. The van der Waals surface area contributed by atoms with E-state index in [9.17, 15) is 13.2 Å². The Morgan fingerprint density at radius 2 is 2.17 bits per heavy atom. The van der Waals surface area contributed by atoms with E-state index >= 15 is 0 Å². The molecule has 2 rings (SSSR count). The average molecular weight is 288 g/mol. The summed E-state index contributed by atoms with van der Waals surface area (Å²) in [6.07, 6.45) is 0.829. The van der Waals surface area contributed by atoms with Crippen LogP contribution < -0.4 is 4.90 Å². The van der Waals surface area contributed by atoms with Crippen LogP contribution in [0.15, 0.2) is 24.3 Å². The van der Waals surface area contributed by atoms with Gasteiger partial charge in [-0.2, -0.15) is 0 Å². The summed E-state index contributed by atoms with van der Waals surface area (Å²) in [4.78, 5) is 13.3. The zero-order chi connectivity index (χ0) is 13.3. The SMILES string of the molecule is CCc1cccc(N2CC(S(=O)(=O)Cl)CC2=O)c1. The van der Waals surface area contributed by atoms with Gasteiger partial charge >= 0.3 is 0 Å². The number of benzene rings is 1. The molecule has 0 radical (unpaired) electrons. The molecule has 1 saturated heterocycles. The molecule has 1 aliphatic rings. The number of nitrogens with zero attached hydrogens (tertiary/aromatic N) is 1. The zero-order valence-corrected chi connectivity index (χ0v) is 11.5. The van der Waals surface area contributed by atoms with Crippen molar-refractivity contribution < 1.29 is 13.2 Å². The Morgan fingerprint density at radius 1 is 1.44 bits per heavy atom. The van der Waals surface area contributed by atoms with Gasteiger partial charge in [-0.1, -0.05) is 19.1 Å². The van der Waals surface area contributed by atoms with Gasteiger partial charge in [-0.15, -0.1) is 0 Å². The number of rotatable bonds is 3. The van der Waals surface area contributed by atoms with E-state index in [-0.39, 0.29) is 18.9 Å². The van der Waals surface area contributed by atoms with E-state index < -0.39 is 14.3 Å². The fraction of sp³-hybridized carbons (Fsp3) is 0.417. The summed E-state index contributed by atoms with van der Waals surface area (Å²) >= 11 is 0. The average Bonchev–Trinajstić information content (AvgIpc) is 2.71. The summed E-state index contributed by atoms with van der Waals surface area (Å²) in [5, 5.41) is -0.808. The first-order valence-corrected chi connectivity index (χ1v) is 8.12. The molecule has 6 heteroatoms.